The molecule has 1 N–H and O–H groups in total. The van der Waals surface area contributed by atoms with Crippen molar-refractivity contribution in [2.45, 2.75) is 26.3 Å². The number of nitrogens with one attached hydrogen (secondary N) is 1. The molecule has 2 rings (SSSR count). The quantitative estimate of drug-likeness (QED) is 0.930. The van der Waals surface area contributed by atoms with Crippen LogP contribution in [0, 0.1) is 13.8 Å². The van der Waals surface area contributed by atoms with Gasteiger partial charge in [0.2, 0.25) is 0 Å². The number of hydrogen-bond acceptors (Lipinski definition) is 2. The van der Waals surface area contributed by atoms with Crippen LogP contribution in [0.1, 0.15) is 28.6 Å². The number of hydrogen-bond donors (Lipinski definition) is 1. The summed E-state index contributed by atoms with van der Waals surface area (Å²) in [4.78, 5) is 0. The van der Waals surface area contributed by atoms with E-state index < -0.39 is 0 Å². The van der Waals surface area contributed by atoms with Crippen LogP contribution in [-0.2, 0) is 13.5 Å². The predicted molar refractivity (Wildman–Crippen MR) is 79.6 cm³/mol. The summed E-state index contributed by atoms with van der Waals surface area (Å²) in [6, 6.07) is 8.44. The molecule has 0 radical (unpaired) electrons. The number of benzene rings is 1. The van der Waals surface area contributed by atoms with Crippen molar-refractivity contribution in [3.8, 4) is 0 Å². The van der Waals surface area contributed by atoms with E-state index in [-0.39, 0.29) is 6.04 Å². The molecule has 1 atom stereocenters. The molecule has 3 nitrogen and oxygen atoms in total. The van der Waals surface area contributed by atoms with Crippen molar-refractivity contribution in [2.75, 3.05) is 7.05 Å². The molecule has 0 spiro atoms. The summed E-state index contributed by atoms with van der Waals surface area (Å²) in [5.74, 6) is 0. The zero-order valence-corrected chi connectivity index (χ0v) is 12.6. The van der Waals surface area contributed by atoms with E-state index in [9.17, 15) is 0 Å². The van der Waals surface area contributed by atoms with Gasteiger partial charge in [0.1, 0.15) is 0 Å². The minimum Gasteiger partial charge on any atom is -0.313 e. The number of halogens is 1. The fourth-order valence-electron chi connectivity index (χ4n) is 2.43. The Bertz CT molecular complexity index is 575. The molecule has 0 amide bonds. The Kier molecular flexibility index (Phi) is 4.27. The van der Waals surface area contributed by atoms with Crippen LogP contribution in [-0.4, -0.2) is 16.8 Å². The highest BCUT2D eigenvalue weighted by Gasteiger charge is 2.16. The summed E-state index contributed by atoms with van der Waals surface area (Å²) in [6.45, 7) is 4.08. The van der Waals surface area contributed by atoms with Crippen LogP contribution in [0.3, 0.4) is 0 Å². The first-order chi connectivity index (χ1) is 9.02. The number of aryl methyl sites for hydroxylation is 2. The molecule has 1 aromatic carbocycles. The standard InChI is InChI=1S/C15H20ClN3/c1-10-8-12(19(4)18-10)9-15(17-3)13-6-5-7-14(16)11(13)2/h5-8,15,17H,9H2,1-4H3. The average molecular weight is 278 g/mol. The summed E-state index contributed by atoms with van der Waals surface area (Å²) < 4.78 is 1.94. The molecule has 1 aromatic heterocycles. The highest BCUT2D eigenvalue weighted by atomic mass is 35.5. The molecule has 0 aliphatic carbocycles. The fourth-order valence-corrected chi connectivity index (χ4v) is 2.62. The Hall–Kier alpha value is -1.32. The lowest BCUT2D eigenvalue weighted by molar-refractivity contribution is 0.559. The maximum Gasteiger partial charge on any atom is 0.0596 e. The van der Waals surface area contributed by atoms with Gasteiger partial charge in [-0.25, -0.2) is 0 Å². The third-order valence-corrected chi connectivity index (χ3v) is 3.96. The Morgan fingerprint density at radius 3 is 2.68 bits per heavy atom. The molecular formula is C15H20ClN3. The van der Waals surface area contributed by atoms with Crippen molar-refractivity contribution in [3.63, 3.8) is 0 Å². The smallest absolute Gasteiger partial charge is 0.0596 e. The summed E-state index contributed by atoms with van der Waals surface area (Å²) in [5, 5.41) is 8.58. The number of aromatic nitrogens is 2. The predicted octanol–water partition coefficient (Wildman–Crippen LogP) is 3.19. The van der Waals surface area contributed by atoms with Gasteiger partial charge in [0.15, 0.2) is 0 Å². The highest BCUT2D eigenvalue weighted by molar-refractivity contribution is 6.31. The van der Waals surface area contributed by atoms with Gasteiger partial charge >= 0.3 is 0 Å². The van der Waals surface area contributed by atoms with Gasteiger partial charge < -0.3 is 5.32 Å². The van der Waals surface area contributed by atoms with E-state index in [1.165, 1.54) is 11.3 Å². The molecule has 1 heterocycles. The van der Waals surface area contributed by atoms with Crippen molar-refractivity contribution in [1.29, 1.82) is 0 Å². The summed E-state index contributed by atoms with van der Waals surface area (Å²) in [5.41, 5.74) is 4.66. The van der Waals surface area contributed by atoms with Crippen molar-refractivity contribution in [2.24, 2.45) is 7.05 Å². The first kappa shape index (κ1) is 14.1. The molecular weight excluding hydrogens is 258 g/mol. The van der Waals surface area contributed by atoms with Gasteiger partial charge in [-0.05, 0) is 44.2 Å². The topological polar surface area (TPSA) is 29.9 Å². The second kappa shape index (κ2) is 5.76. The van der Waals surface area contributed by atoms with Crippen molar-refractivity contribution < 1.29 is 0 Å². The van der Waals surface area contributed by atoms with Crippen molar-refractivity contribution >= 4 is 11.6 Å². The van der Waals surface area contributed by atoms with Crippen LogP contribution in [0.25, 0.3) is 0 Å². The Morgan fingerprint density at radius 1 is 1.37 bits per heavy atom. The maximum atomic E-state index is 6.21. The Morgan fingerprint density at radius 2 is 2.11 bits per heavy atom. The molecule has 0 aliphatic rings. The molecule has 4 heteroatoms. The Balaban J connectivity index is 2.30. The van der Waals surface area contributed by atoms with Gasteiger partial charge in [-0.3, -0.25) is 4.68 Å². The van der Waals surface area contributed by atoms with E-state index in [4.69, 9.17) is 11.6 Å². The first-order valence-corrected chi connectivity index (χ1v) is 6.82. The summed E-state index contributed by atoms with van der Waals surface area (Å²) >= 11 is 6.21. The minimum absolute atomic E-state index is 0.244. The first-order valence-electron chi connectivity index (χ1n) is 6.44. The van der Waals surface area contributed by atoms with E-state index in [1.54, 1.807) is 0 Å². The second-order valence-corrected chi connectivity index (χ2v) is 5.31. The SMILES string of the molecule is CNC(Cc1cc(C)nn1C)c1cccc(Cl)c1C. The van der Waals surface area contributed by atoms with E-state index in [2.05, 4.69) is 29.5 Å². The van der Waals surface area contributed by atoms with Crippen LogP contribution >= 0.6 is 11.6 Å². The van der Waals surface area contributed by atoms with Gasteiger partial charge in [0.25, 0.3) is 0 Å². The normalized spacial score (nSPS) is 12.7. The van der Waals surface area contributed by atoms with Crippen molar-refractivity contribution in [3.05, 3.63) is 51.8 Å². The lowest BCUT2D eigenvalue weighted by atomic mass is 9.97. The zero-order valence-electron chi connectivity index (χ0n) is 11.9. The largest absolute Gasteiger partial charge is 0.313 e. The van der Waals surface area contributed by atoms with Gasteiger partial charge in [0, 0.05) is 30.2 Å². The third-order valence-electron chi connectivity index (χ3n) is 3.55. The zero-order chi connectivity index (χ0) is 14.0. The van der Waals surface area contributed by atoms with E-state index >= 15 is 0 Å². The van der Waals surface area contributed by atoms with Crippen LogP contribution in [0.5, 0.6) is 0 Å². The number of likely N-dealkylation sites (N-methyl/N-ethyl adjacent to an activating group) is 1. The number of rotatable bonds is 4. The molecule has 1 unspecified atom stereocenters. The molecule has 102 valence electrons. The molecule has 2 aromatic rings. The molecule has 0 saturated carbocycles. The molecule has 19 heavy (non-hydrogen) atoms. The maximum absolute atomic E-state index is 6.21. The van der Waals surface area contributed by atoms with Crippen LogP contribution < -0.4 is 5.32 Å². The summed E-state index contributed by atoms with van der Waals surface area (Å²) in [6.07, 6.45) is 0.898. The molecule has 0 bridgehead atoms. The molecule has 0 aliphatic heterocycles. The average Bonchev–Trinajstić information content (AvgIpc) is 2.68. The van der Waals surface area contributed by atoms with Gasteiger partial charge in [-0.15, -0.1) is 0 Å². The fraction of sp³-hybridized carbons (Fsp3) is 0.400. The van der Waals surface area contributed by atoms with Crippen LogP contribution in [0.2, 0.25) is 5.02 Å². The van der Waals surface area contributed by atoms with E-state index in [0.717, 1.165) is 22.7 Å². The second-order valence-electron chi connectivity index (χ2n) is 4.90. The highest BCUT2D eigenvalue weighted by Crippen LogP contribution is 2.26. The van der Waals surface area contributed by atoms with Gasteiger partial charge in [0.05, 0.1) is 5.69 Å². The lowest BCUT2D eigenvalue weighted by Crippen LogP contribution is -2.21. The minimum atomic E-state index is 0.244. The van der Waals surface area contributed by atoms with Crippen molar-refractivity contribution in [1.82, 2.24) is 15.1 Å². The lowest BCUT2D eigenvalue weighted by Gasteiger charge is -2.19. The van der Waals surface area contributed by atoms with Crippen LogP contribution in [0.15, 0.2) is 24.3 Å². The van der Waals surface area contributed by atoms with E-state index in [0.29, 0.717) is 0 Å². The van der Waals surface area contributed by atoms with Gasteiger partial charge in [-0.2, -0.15) is 5.10 Å². The number of nitrogens with zero attached hydrogens (tertiary/aromatic N) is 2. The Labute approximate surface area is 119 Å². The summed E-state index contributed by atoms with van der Waals surface area (Å²) in [7, 11) is 3.97. The molecule has 0 saturated heterocycles. The molecule has 0 fully saturated rings. The van der Waals surface area contributed by atoms with Gasteiger partial charge in [-0.1, -0.05) is 23.7 Å². The van der Waals surface area contributed by atoms with E-state index in [1.807, 2.05) is 37.8 Å². The third kappa shape index (κ3) is 2.99. The monoisotopic (exact) mass is 277 g/mol. The van der Waals surface area contributed by atoms with Crippen LogP contribution in [0.4, 0.5) is 0 Å².